The first-order valence-corrected chi connectivity index (χ1v) is 4.40. The van der Waals surface area contributed by atoms with Gasteiger partial charge in [-0.05, 0) is 24.3 Å². The van der Waals surface area contributed by atoms with E-state index in [1.807, 2.05) is 0 Å². The van der Waals surface area contributed by atoms with Gasteiger partial charge in [0.25, 0.3) is 0 Å². The molecule has 0 saturated carbocycles. The van der Waals surface area contributed by atoms with Gasteiger partial charge in [0.2, 0.25) is 0 Å². The van der Waals surface area contributed by atoms with Crippen molar-refractivity contribution in [1.29, 1.82) is 0 Å². The van der Waals surface area contributed by atoms with Crippen molar-refractivity contribution >= 4 is 11.8 Å². The summed E-state index contributed by atoms with van der Waals surface area (Å²) in [6.45, 7) is 4.16. The summed E-state index contributed by atoms with van der Waals surface area (Å²) in [4.78, 5) is 0.944. The first-order chi connectivity index (χ1) is 5.18. The number of hydrogen-bond acceptors (Lipinski definition) is 1. The number of rotatable bonds is 2. The average molecular weight is 169 g/mol. The molecule has 0 aliphatic carbocycles. The van der Waals surface area contributed by atoms with Crippen molar-refractivity contribution in [3.05, 3.63) is 30.1 Å². The fourth-order valence-corrected chi connectivity index (χ4v) is 1.62. The molecule has 0 unspecified atom stereocenters. The second-order valence-corrected chi connectivity index (χ2v) is 4.20. The lowest BCUT2D eigenvalue weighted by Crippen LogP contribution is -1.85. The smallest absolute Gasteiger partial charge is 0.124 e. The van der Waals surface area contributed by atoms with Crippen LogP contribution in [0.4, 0.5) is 4.39 Å². The van der Waals surface area contributed by atoms with Crippen molar-refractivity contribution in [3.8, 4) is 0 Å². The Bertz CT molecular complexity index is 233. The van der Waals surface area contributed by atoms with E-state index in [1.165, 1.54) is 12.1 Å². The number of thioether (sulfide) groups is 1. The number of benzene rings is 1. The highest BCUT2D eigenvalue weighted by Crippen LogP contribution is 2.22. The van der Waals surface area contributed by atoms with E-state index in [-0.39, 0.29) is 5.82 Å². The quantitative estimate of drug-likeness (QED) is 0.613. The average Bonchev–Trinajstić information content (AvgIpc) is 1.85. The first-order valence-electron chi connectivity index (χ1n) is 3.52. The molecule has 0 aromatic heterocycles. The highest BCUT2D eigenvalue weighted by Gasteiger charge is 1.98. The molecule has 0 atom stereocenters. The van der Waals surface area contributed by atoms with Gasteiger partial charge in [-0.1, -0.05) is 13.8 Å². The van der Waals surface area contributed by atoms with Gasteiger partial charge < -0.3 is 0 Å². The van der Waals surface area contributed by atoms with Crippen LogP contribution >= 0.6 is 11.8 Å². The molecule has 1 aromatic rings. The monoisotopic (exact) mass is 169 g/mol. The molecular formula is C9H10FS. The Morgan fingerprint density at radius 1 is 1.45 bits per heavy atom. The summed E-state index contributed by atoms with van der Waals surface area (Å²) in [6.07, 6.45) is 0. The molecule has 0 fully saturated rings. The molecule has 2 heteroatoms. The van der Waals surface area contributed by atoms with Gasteiger partial charge in [-0.2, -0.15) is 0 Å². The van der Waals surface area contributed by atoms with E-state index in [0.717, 1.165) is 4.90 Å². The Morgan fingerprint density at radius 2 is 2.18 bits per heavy atom. The van der Waals surface area contributed by atoms with Gasteiger partial charge in [0.05, 0.1) is 0 Å². The largest absolute Gasteiger partial charge is 0.207 e. The van der Waals surface area contributed by atoms with Crippen LogP contribution in [0.5, 0.6) is 0 Å². The van der Waals surface area contributed by atoms with Crippen molar-refractivity contribution in [2.75, 3.05) is 0 Å². The van der Waals surface area contributed by atoms with Crippen molar-refractivity contribution in [2.45, 2.75) is 24.0 Å². The lowest BCUT2D eigenvalue weighted by molar-refractivity contribution is 0.624. The highest BCUT2D eigenvalue weighted by molar-refractivity contribution is 7.99. The molecule has 1 radical (unpaired) electrons. The maximum Gasteiger partial charge on any atom is 0.124 e. The van der Waals surface area contributed by atoms with Gasteiger partial charge in [0.15, 0.2) is 0 Å². The summed E-state index contributed by atoms with van der Waals surface area (Å²) in [6, 6.07) is 7.40. The van der Waals surface area contributed by atoms with E-state index in [2.05, 4.69) is 19.9 Å². The minimum absolute atomic E-state index is 0.212. The third kappa shape index (κ3) is 2.93. The van der Waals surface area contributed by atoms with Crippen molar-refractivity contribution < 1.29 is 4.39 Å². The fourth-order valence-electron chi connectivity index (χ4n) is 0.763. The van der Waals surface area contributed by atoms with Crippen LogP contribution in [0.1, 0.15) is 13.8 Å². The summed E-state index contributed by atoms with van der Waals surface area (Å²) < 4.78 is 12.6. The van der Waals surface area contributed by atoms with Crippen LogP contribution in [0.3, 0.4) is 0 Å². The molecule has 0 heterocycles. The Labute approximate surface area is 70.8 Å². The van der Waals surface area contributed by atoms with Gasteiger partial charge in [-0.15, -0.1) is 11.8 Å². The van der Waals surface area contributed by atoms with Gasteiger partial charge in [0.1, 0.15) is 5.82 Å². The van der Waals surface area contributed by atoms with Gasteiger partial charge in [-0.3, -0.25) is 0 Å². The molecule has 59 valence electrons. The van der Waals surface area contributed by atoms with Gasteiger partial charge >= 0.3 is 0 Å². The lowest BCUT2D eigenvalue weighted by atomic mass is 10.4. The summed E-state index contributed by atoms with van der Waals surface area (Å²) >= 11 is 1.64. The summed E-state index contributed by atoms with van der Waals surface area (Å²) in [5.41, 5.74) is 0. The second kappa shape index (κ2) is 3.77. The minimum Gasteiger partial charge on any atom is -0.207 e. The minimum atomic E-state index is -0.212. The van der Waals surface area contributed by atoms with Crippen LogP contribution < -0.4 is 0 Å². The van der Waals surface area contributed by atoms with Crippen LogP contribution in [0, 0.1) is 11.9 Å². The molecule has 0 amide bonds. The Balaban J connectivity index is 2.71. The third-order valence-electron chi connectivity index (χ3n) is 1.10. The molecule has 0 aliphatic heterocycles. The maximum absolute atomic E-state index is 12.6. The van der Waals surface area contributed by atoms with E-state index in [9.17, 15) is 4.39 Å². The molecule has 11 heavy (non-hydrogen) atoms. The van der Waals surface area contributed by atoms with Crippen LogP contribution in [-0.2, 0) is 0 Å². The third-order valence-corrected chi connectivity index (χ3v) is 2.08. The van der Waals surface area contributed by atoms with Crippen LogP contribution in [0.15, 0.2) is 23.1 Å². The first kappa shape index (κ1) is 8.60. The summed E-state index contributed by atoms with van der Waals surface area (Å²) in [5, 5.41) is 0.491. The lowest BCUT2D eigenvalue weighted by Gasteiger charge is -2.03. The Kier molecular flexibility index (Phi) is 2.94. The molecule has 0 saturated heterocycles. The highest BCUT2D eigenvalue weighted by atomic mass is 32.2. The summed E-state index contributed by atoms with van der Waals surface area (Å²) in [7, 11) is 0. The zero-order chi connectivity index (χ0) is 8.27. The fraction of sp³-hybridized carbons (Fsp3) is 0.333. The normalized spacial score (nSPS) is 10.5. The number of halogens is 1. The van der Waals surface area contributed by atoms with E-state index < -0.39 is 0 Å². The van der Waals surface area contributed by atoms with E-state index in [1.54, 1.807) is 17.8 Å². The predicted molar refractivity (Wildman–Crippen MR) is 46.2 cm³/mol. The zero-order valence-corrected chi connectivity index (χ0v) is 7.41. The SMILES string of the molecule is CC(C)Sc1c[c]cc(F)c1. The van der Waals surface area contributed by atoms with Gasteiger partial charge in [0, 0.05) is 10.1 Å². The van der Waals surface area contributed by atoms with Crippen molar-refractivity contribution in [3.63, 3.8) is 0 Å². The molecule has 0 nitrogen and oxygen atoms in total. The van der Waals surface area contributed by atoms with Crippen LogP contribution in [-0.4, -0.2) is 5.25 Å². The van der Waals surface area contributed by atoms with Crippen molar-refractivity contribution in [1.82, 2.24) is 0 Å². The molecule has 0 bridgehead atoms. The van der Waals surface area contributed by atoms with Crippen LogP contribution in [0.2, 0.25) is 0 Å². The molecular weight excluding hydrogens is 159 g/mol. The predicted octanol–water partition coefficient (Wildman–Crippen LogP) is 3.13. The molecule has 0 N–H and O–H groups in total. The molecule has 0 aliphatic rings. The van der Waals surface area contributed by atoms with Crippen molar-refractivity contribution in [2.24, 2.45) is 0 Å². The summed E-state index contributed by atoms with van der Waals surface area (Å²) in [5.74, 6) is -0.212. The second-order valence-electron chi connectivity index (χ2n) is 2.55. The maximum atomic E-state index is 12.6. The number of hydrogen-bond donors (Lipinski definition) is 0. The Hall–Kier alpha value is -0.500. The molecule has 0 spiro atoms. The van der Waals surface area contributed by atoms with E-state index >= 15 is 0 Å². The standard InChI is InChI=1S/C9H10FS/c1-7(2)11-9-5-3-4-8(10)6-9/h4-7H,1-2H3. The molecule has 1 aromatic carbocycles. The topological polar surface area (TPSA) is 0 Å². The zero-order valence-electron chi connectivity index (χ0n) is 6.60. The molecule has 1 rings (SSSR count). The van der Waals surface area contributed by atoms with E-state index in [0.29, 0.717) is 5.25 Å². The van der Waals surface area contributed by atoms with E-state index in [4.69, 9.17) is 0 Å². The van der Waals surface area contributed by atoms with Gasteiger partial charge in [-0.25, -0.2) is 4.39 Å². The van der Waals surface area contributed by atoms with Crippen LogP contribution in [0.25, 0.3) is 0 Å². The Morgan fingerprint density at radius 3 is 2.73 bits per heavy atom.